The zero-order chi connectivity index (χ0) is 24.6. The third-order valence-electron chi connectivity index (χ3n) is 5.56. The van der Waals surface area contributed by atoms with Crippen molar-refractivity contribution in [3.05, 3.63) is 30.1 Å². The first-order valence-electron chi connectivity index (χ1n) is 12.1. The molecule has 0 spiro atoms. The lowest BCUT2D eigenvalue weighted by molar-refractivity contribution is -0.137. The monoisotopic (exact) mass is 465 g/mol. The molecule has 0 atom stereocenters. The van der Waals surface area contributed by atoms with Gasteiger partial charge in [-0.05, 0) is 58.6 Å². The smallest absolute Gasteiger partial charge is 0.303 e. The van der Waals surface area contributed by atoms with Gasteiger partial charge in [-0.15, -0.1) is 0 Å². The highest BCUT2D eigenvalue weighted by atomic mass is 16.5. The van der Waals surface area contributed by atoms with Gasteiger partial charge in [0.1, 0.15) is 28.6 Å². The second-order valence-electron chi connectivity index (χ2n) is 9.57. The van der Waals surface area contributed by atoms with Gasteiger partial charge in [0, 0.05) is 31.3 Å². The van der Waals surface area contributed by atoms with Gasteiger partial charge in [-0.3, -0.25) is 4.79 Å². The van der Waals surface area contributed by atoms with E-state index in [9.17, 15) is 4.79 Å². The molecule has 0 radical (unpaired) electrons. The van der Waals surface area contributed by atoms with Gasteiger partial charge in [0.05, 0.1) is 0 Å². The minimum atomic E-state index is -0.717. The summed E-state index contributed by atoms with van der Waals surface area (Å²) in [6.07, 6.45) is 14.0. The molecule has 0 bridgehead atoms. The summed E-state index contributed by atoms with van der Waals surface area (Å²) in [5.74, 6) is 1.06. The Bertz CT molecular complexity index is 1130. The van der Waals surface area contributed by atoms with Crippen molar-refractivity contribution in [3.8, 4) is 12.5 Å². The maximum Gasteiger partial charge on any atom is 0.303 e. The first-order chi connectivity index (χ1) is 16.3. The maximum atomic E-state index is 10.6. The highest BCUT2D eigenvalue weighted by Crippen LogP contribution is 2.34. The van der Waals surface area contributed by atoms with Crippen LogP contribution in [0.2, 0.25) is 0 Å². The lowest BCUT2D eigenvalue weighted by Crippen LogP contribution is -2.20. The number of carboxylic acid groups (broad SMARTS) is 1. The number of aromatic nitrogens is 2. The van der Waals surface area contributed by atoms with Crippen LogP contribution in [0.3, 0.4) is 0 Å². The number of aryl methyl sites for hydroxylation is 1. The van der Waals surface area contributed by atoms with Crippen molar-refractivity contribution in [3.63, 3.8) is 0 Å². The largest absolute Gasteiger partial charge is 0.481 e. The molecule has 0 saturated carbocycles. The van der Waals surface area contributed by atoms with Gasteiger partial charge in [0.2, 0.25) is 0 Å². The quantitative estimate of drug-likeness (QED) is 0.325. The summed E-state index contributed by atoms with van der Waals surface area (Å²) in [6, 6.07) is 8.02. The van der Waals surface area contributed by atoms with E-state index >= 15 is 0 Å². The summed E-state index contributed by atoms with van der Waals surface area (Å²) in [6.45, 7) is 7.75. The maximum absolute atomic E-state index is 10.6. The van der Waals surface area contributed by atoms with E-state index < -0.39 is 5.97 Å². The van der Waals surface area contributed by atoms with Gasteiger partial charge in [-0.1, -0.05) is 31.4 Å². The number of rotatable bonds is 8. The third-order valence-corrected chi connectivity index (χ3v) is 5.56. The Labute approximate surface area is 201 Å². The Morgan fingerprint density at radius 3 is 2.50 bits per heavy atom. The molecule has 1 aliphatic rings. The molecule has 1 aliphatic heterocycles. The van der Waals surface area contributed by atoms with Crippen LogP contribution in [0.1, 0.15) is 71.5 Å². The predicted molar refractivity (Wildman–Crippen MR) is 135 cm³/mol. The summed E-state index contributed by atoms with van der Waals surface area (Å²) >= 11 is 0. The number of benzene rings is 1. The fourth-order valence-corrected chi connectivity index (χ4v) is 3.97. The van der Waals surface area contributed by atoms with Crippen LogP contribution in [0, 0.1) is 12.5 Å². The molecular weight excluding hydrogens is 430 g/mol. The molecular formula is C27H35N3O4. The van der Waals surface area contributed by atoms with Crippen molar-refractivity contribution in [2.45, 2.75) is 77.7 Å². The van der Waals surface area contributed by atoms with Crippen LogP contribution in [0.4, 0.5) is 5.82 Å². The Balaban J connectivity index is 0.000000406. The van der Waals surface area contributed by atoms with Gasteiger partial charge in [-0.2, -0.15) is 0 Å². The molecule has 3 heterocycles. The molecule has 3 aromatic rings. The second-order valence-corrected chi connectivity index (χ2v) is 9.57. The summed E-state index contributed by atoms with van der Waals surface area (Å²) in [4.78, 5) is 22.6. The summed E-state index contributed by atoms with van der Waals surface area (Å²) in [7, 11) is 0. The van der Waals surface area contributed by atoms with Crippen LogP contribution < -0.4 is 4.90 Å². The van der Waals surface area contributed by atoms with Gasteiger partial charge in [0.15, 0.2) is 11.4 Å². The second kappa shape index (κ2) is 11.7. The van der Waals surface area contributed by atoms with E-state index in [4.69, 9.17) is 30.7 Å². The van der Waals surface area contributed by atoms with E-state index in [0.29, 0.717) is 0 Å². The molecule has 1 fully saturated rings. The fraction of sp³-hybridized carbons (Fsp3) is 0.519. The number of carbonyl (C=O) groups is 1. The zero-order valence-corrected chi connectivity index (χ0v) is 20.5. The lowest BCUT2D eigenvalue weighted by atomic mass is 10.1. The SMILES string of the molecule is C#COC(C)(C)C.O=C(O)CCCCCCc1nc(N2CCCC2)c2oc3ccccc3c2n1. The Kier molecular flexibility index (Phi) is 8.75. The number of terminal acetylenes is 1. The van der Waals surface area contributed by atoms with E-state index in [1.807, 2.05) is 39.0 Å². The van der Waals surface area contributed by atoms with E-state index in [1.54, 1.807) is 0 Å². The summed E-state index contributed by atoms with van der Waals surface area (Å²) in [5.41, 5.74) is 2.37. The first kappa shape index (κ1) is 25.4. The number of nitrogens with zero attached hydrogens (tertiary/aromatic N) is 3. The van der Waals surface area contributed by atoms with E-state index in [-0.39, 0.29) is 12.0 Å². The van der Waals surface area contributed by atoms with Crippen molar-refractivity contribution in [1.29, 1.82) is 0 Å². The van der Waals surface area contributed by atoms with E-state index in [0.717, 1.165) is 78.9 Å². The minimum Gasteiger partial charge on any atom is -0.481 e. The molecule has 34 heavy (non-hydrogen) atoms. The van der Waals surface area contributed by atoms with Crippen LogP contribution in [0.15, 0.2) is 28.7 Å². The van der Waals surface area contributed by atoms with Gasteiger partial charge >= 0.3 is 5.97 Å². The lowest BCUT2D eigenvalue weighted by Gasteiger charge is -2.17. The highest BCUT2D eigenvalue weighted by Gasteiger charge is 2.22. The van der Waals surface area contributed by atoms with Crippen molar-refractivity contribution >= 4 is 33.9 Å². The molecule has 1 aromatic carbocycles. The van der Waals surface area contributed by atoms with Crippen LogP contribution in [0.5, 0.6) is 0 Å². The summed E-state index contributed by atoms with van der Waals surface area (Å²) in [5, 5.41) is 9.76. The van der Waals surface area contributed by atoms with E-state index in [1.165, 1.54) is 12.8 Å². The molecule has 0 aliphatic carbocycles. The van der Waals surface area contributed by atoms with Gasteiger partial charge < -0.3 is 19.2 Å². The number of furan rings is 1. The van der Waals surface area contributed by atoms with Gasteiger partial charge in [0.25, 0.3) is 0 Å². The molecule has 7 heteroatoms. The Morgan fingerprint density at radius 2 is 1.85 bits per heavy atom. The average Bonchev–Trinajstić information content (AvgIpc) is 3.43. The molecule has 1 N–H and O–H groups in total. The number of aliphatic carboxylic acids is 1. The number of fused-ring (bicyclic) bond motifs is 3. The third kappa shape index (κ3) is 7.11. The highest BCUT2D eigenvalue weighted by molar-refractivity contribution is 6.05. The molecule has 0 unspecified atom stereocenters. The van der Waals surface area contributed by atoms with Crippen LogP contribution in [0.25, 0.3) is 22.1 Å². The van der Waals surface area contributed by atoms with Gasteiger partial charge in [-0.25, -0.2) is 9.97 Å². The number of hydrogen-bond donors (Lipinski definition) is 1. The van der Waals surface area contributed by atoms with Crippen LogP contribution in [-0.2, 0) is 16.0 Å². The summed E-state index contributed by atoms with van der Waals surface area (Å²) < 4.78 is 10.9. The van der Waals surface area contributed by atoms with Crippen molar-refractivity contribution < 1.29 is 19.1 Å². The minimum absolute atomic E-state index is 0.186. The average molecular weight is 466 g/mol. The number of anilines is 1. The van der Waals surface area contributed by atoms with Crippen molar-refractivity contribution in [2.75, 3.05) is 18.0 Å². The molecule has 7 nitrogen and oxygen atoms in total. The normalized spacial score (nSPS) is 13.5. The molecule has 2 aromatic heterocycles. The first-order valence-corrected chi connectivity index (χ1v) is 12.1. The number of unbranched alkanes of at least 4 members (excludes halogenated alkanes) is 3. The predicted octanol–water partition coefficient (Wildman–Crippen LogP) is 5.95. The molecule has 4 rings (SSSR count). The van der Waals surface area contributed by atoms with Crippen molar-refractivity contribution in [2.24, 2.45) is 0 Å². The molecule has 0 amide bonds. The number of carboxylic acids is 1. The number of para-hydroxylation sites is 1. The standard InChI is InChI=1S/C21H25N3O3.C6H10O/c25-18(26)12-4-2-1-3-11-17-22-19-15-9-5-6-10-16(15)27-20(19)21(23-17)24-13-7-8-14-24;1-5-7-6(2,3)4/h5-6,9-10H,1-4,7-8,11-14H2,(H,25,26);1H,2-4H3. The molecule has 1 saturated heterocycles. The Morgan fingerprint density at radius 1 is 1.15 bits per heavy atom. The van der Waals surface area contributed by atoms with Crippen LogP contribution >= 0.6 is 0 Å². The Hall–Kier alpha value is -3.27. The number of hydrogen-bond acceptors (Lipinski definition) is 6. The zero-order valence-electron chi connectivity index (χ0n) is 20.5. The van der Waals surface area contributed by atoms with E-state index in [2.05, 4.69) is 17.1 Å². The molecule has 182 valence electrons. The van der Waals surface area contributed by atoms with Crippen LogP contribution in [-0.4, -0.2) is 39.7 Å². The number of ether oxygens (including phenoxy) is 1. The topological polar surface area (TPSA) is 88.7 Å². The van der Waals surface area contributed by atoms with Crippen molar-refractivity contribution in [1.82, 2.24) is 9.97 Å². The fourth-order valence-electron chi connectivity index (χ4n) is 3.97.